The van der Waals surface area contributed by atoms with Crippen LogP contribution < -0.4 is 11.1 Å². The van der Waals surface area contributed by atoms with E-state index in [-0.39, 0.29) is 6.04 Å². The molecule has 1 atom stereocenters. The molecule has 1 saturated heterocycles. The van der Waals surface area contributed by atoms with Gasteiger partial charge in [0.05, 0.1) is 19.3 Å². The van der Waals surface area contributed by atoms with Crippen LogP contribution in [0, 0.1) is 0 Å². The van der Waals surface area contributed by atoms with Crippen molar-refractivity contribution in [2.45, 2.75) is 6.04 Å². The zero-order valence-electron chi connectivity index (χ0n) is 7.79. The number of nitrogens with two attached hydrogens (primary N) is 1. The number of nitrogen functional groups attached to an aromatic ring is 1. The fraction of sp³-hybridized carbons (Fsp3) is 0.400. The molecule has 0 bridgehead atoms. The molecule has 2 rings (SSSR count). The molecular formula is C10H13BrN2O. The minimum atomic E-state index is 0.223. The molecule has 1 heterocycles. The average molecular weight is 257 g/mol. The lowest BCUT2D eigenvalue weighted by Crippen LogP contribution is -2.34. The van der Waals surface area contributed by atoms with Crippen LogP contribution in [0.3, 0.4) is 0 Å². The van der Waals surface area contributed by atoms with Gasteiger partial charge in [-0.2, -0.15) is 0 Å². The summed E-state index contributed by atoms with van der Waals surface area (Å²) in [4.78, 5) is 0. The van der Waals surface area contributed by atoms with Crippen LogP contribution in [0.5, 0.6) is 0 Å². The molecule has 0 saturated carbocycles. The third-order valence-electron chi connectivity index (χ3n) is 2.35. The van der Waals surface area contributed by atoms with Crippen molar-refractivity contribution in [1.29, 1.82) is 0 Å². The lowest BCUT2D eigenvalue weighted by atomic mass is 10.1. The maximum Gasteiger partial charge on any atom is 0.0662 e. The van der Waals surface area contributed by atoms with Crippen molar-refractivity contribution in [2.24, 2.45) is 0 Å². The fourth-order valence-corrected chi connectivity index (χ4v) is 1.99. The number of morpholine rings is 1. The Kier molecular flexibility index (Phi) is 3.05. The maximum absolute atomic E-state index is 5.90. The van der Waals surface area contributed by atoms with Crippen LogP contribution in [0.25, 0.3) is 0 Å². The number of anilines is 1. The Balaban J connectivity index is 2.24. The maximum atomic E-state index is 5.90. The summed E-state index contributed by atoms with van der Waals surface area (Å²) >= 11 is 3.44. The fourth-order valence-electron chi connectivity index (χ4n) is 1.61. The number of hydrogen-bond donors (Lipinski definition) is 2. The van der Waals surface area contributed by atoms with Crippen molar-refractivity contribution in [3.05, 3.63) is 28.2 Å². The summed E-state index contributed by atoms with van der Waals surface area (Å²) < 4.78 is 6.45. The molecule has 0 spiro atoms. The van der Waals surface area contributed by atoms with Gasteiger partial charge in [-0.3, -0.25) is 0 Å². The van der Waals surface area contributed by atoms with Gasteiger partial charge in [-0.15, -0.1) is 0 Å². The predicted octanol–water partition coefficient (Wildman–Crippen LogP) is 1.69. The molecule has 1 fully saturated rings. The Labute approximate surface area is 91.8 Å². The summed E-state index contributed by atoms with van der Waals surface area (Å²) in [6.07, 6.45) is 0. The highest BCUT2D eigenvalue weighted by atomic mass is 79.9. The summed E-state index contributed by atoms with van der Waals surface area (Å²) in [5.41, 5.74) is 7.83. The van der Waals surface area contributed by atoms with Crippen LogP contribution >= 0.6 is 15.9 Å². The van der Waals surface area contributed by atoms with E-state index < -0.39 is 0 Å². The van der Waals surface area contributed by atoms with E-state index in [1.807, 2.05) is 18.2 Å². The second kappa shape index (κ2) is 4.29. The van der Waals surface area contributed by atoms with Gasteiger partial charge in [-0.05, 0) is 23.8 Å². The molecule has 0 aromatic heterocycles. The lowest BCUT2D eigenvalue weighted by Gasteiger charge is -2.25. The smallest absolute Gasteiger partial charge is 0.0662 e. The van der Waals surface area contributed by atoms with Gasteiger partial charge in [0.2, 0.25) is 0 Å². The monoisotopic (exact) mass is 256 g/mol. The van der Waals surface area contributed by atoms with Crippen molar-refractivity contribution < 1.29 is 4.74 Å². The van der Waals surface area contributed by atoms with E-state index >= 15 is 0 Å². The van der Waals surface area contributed by atoms with E-state index in [0.29, 0.717) is 6.61 Å². The molecule has 3 nitrogen and oxygen atoms in total. The molecule has 1 aliphatic heterocycles. The predicted molar refractivity (Wildman–Crippen MR) is 60.1 cm³/mol. The summed E-state index contributed by atoms with van der Waals surface area (Å²) in [6, 6.07) is 6.13. The molecule has 0 radical (unpaired) electrons. The Morgan fingerprint density at radius 3 is 3.07 bits per heavy atom. The van der Waals surface area contributed by atoms with E-state index in [9.17, 15) is 0 Å². The first-order chi connectivity index (χ1) is 6.77. The molecule has 1 unspecified atom stereocenters. The highest BCUT2D eigenvalue weighted by Gasteiger charge is 2.17. The van der Waals surface area contributed by atoms with Gasteiger partial charge in [0, 0.05) is 16.7 Å². The second-order valence-corrected chi connectivity index (χ2v) is 4.27. The lowest BCUT2D eigenvalue weighted by molar-refractivity contribution is 0.0771. The molecule has 0 amide bonds. The zero-order chi connectivity index (χ0) is 9.97. The molecular weight excluding hydrogens is 244 g/mol. The summed E-state index contributed by atoms with van der Waals surface area (Å²) in [5.74, 6) is 0. The van der Waals surface area contributed by atoms with Crippen molar-refractivity contribution in [1.82, 2.24) is 5.32 Å². The number of rotatable bonds is 1. The van der Waals surface area contributed by atoms with Crippen molar-refractivity contribution in [3.63, 3.8) is 0 Å². The quantitative estimate of drug-likeness (QED) is 0.753. The number of nitrogens with one attached hydrogen (secondary N) is 1. The Morgan fingerprint density at radius 1 is 1.50 bits per heavy atom. The van der Waals surface area contributed by atoms with Crippen LogP contribution in [-0.4, -0.2) is 19.8 Å². The van der Waals surface area contributed by atoms with Gasteiger partial charge in [0.15, 0.2) is 0 Å². The molecule has 3 N–H and O–H groups in total. The Bertz CT molecular complexity index is 324. The Hall–Kier alpha value is -0.580. The SMILES string of the molecule is Nc1ccc(Br)cc1C1COCCN1. The van der Waals surface area contributed by atoms with Crippen LogP contribution in [0.15, 0.2) is 22.7 Å². The summed E-state index contributed by atoms with van der Waals surface area (Å²) in [6.45, 7) is 2.36. The van der Waals surface area contributed by atoms with Crippen molar-refractivity contribution in [3.8, 4) is 0 Å². The highest BCUT2D eigenvalue weighted by molar-refractivity contribution is 9.10. The third kappa shape index (κ3) is 2.08. The molecule has 1 aliphatic rings. The van der Waals surface area contributed by atoms with Crippen LogP contribution in [-0.2, 0) is 4.74 Å². The van der Waals surface area contributed by atoms with E-state index in [0.717, 1.165) is 28.9 Å². The van der Waals surface area contributed by atoms with Crippen LogP contribution in [0.1, 0.15) is 11.6 Å². The van der Waals surface area contributed by atoms with Crippen LogP contribution in [0.2, 0.25) is 0 Å². The van der Waals surface area contributed by atoms with Crippen LogP contribution in [0.4, 0.5) is 5.69 Å². The second-order valence-electron chi connectivity index (χ2n) is 3.35. The molecule has 1 aromatic rings. The van der Waals surface area contributed by atoms with E-state index in [1.165, 1.54) is 0 Å². The van der Waals surface area contributed by atoms with E-state index in [2.05, 4.69) is 21.2 Å². The number of ether oxygens (including phenoxy) is 1. The molecule has 4 heteroatoms. The number of halogens is 1. The normalized spacial score (nSPS) is 22.2. The largest absolute Gasteiger partial charge is 0.398 e. The molecule has 1 aromatic carbocycles. The standard InChI is InChI=1S/C10H13BrN2O/c11-7-1-2-9(12)8(5-7)10-6-14-4-3-13-10/h1-2,5,10,13H,3-4,6,12H2. The minimum Gasteiger partial charge on any atom is -0.398 e. The van der Waals surface area contributed by atoms with E-state index in [4.69, 9.17) is 10.5 Å². The van der Waals surface area contributed by atoms with Gasteiger partial charge >= 0.3 is 0 Å². The minimum absolute atomic E-state index is 0.223. The topological polar surface area (TPSA) is 47.3 Å². The van der Waals surface area contributed by atoms with Crippen molar-refractivity contribution in [2.75, 3.05) is 25.5 Å². The Morgan fingerprint density at radius 2 is 2.36 bits per heavy atom. The molecule has 14 heavy (non-hydrogen) atoms. The van der Waals surface area contributed by atoms with Crippen molar-refractivity contribution >= 4 is 21.6 Å². The van der Waals surface area contributed by atoms with Gasteiger partial charge in [-0.25, -0.2) is 0 Å². The summed E-state index contributed by atoms with van der Waals surface area (Å²) in [5, 5.41) is 3.38. The van der Waals surface area contributed by atoms with Gasteiger partial charge in [-0.1, -0.05) is 15.9 Å². The molecule has 76 valence electrons. The zero-order valence-corrected chi connectivity index (χ0v) is 9.38. The van der Waals surface area contributed by atoms with E-state index in [1.54, 1.807) is 0 Å². The number of hydrogen-bond acceptors (Lipinski definition) is 3. The average Bonchev–Trinajstić information content (AvgIpc) is 2.23. The third-order valence-corrected chi connectivity index (χ3v) is 2.84. The van der Waals surface area contributed by atoms with Gasteiger partial charge in [0.25, 0.3) is 0 Å². The molecule has 0 aliphatic carbocycles. The first-order valence-corrected chi connectivity index (χ1v) is 5.43. The first-order valence-electron chi connectivity index (χ1n) is 4.63. The van der Waals surface area contributed by atoms with Gasteiger partial charge < -0.3 is 15.8 Å². The first kappa shape index (κ1) is 9.96. The highest BCUT2D eigenvalue weighted by Crippen LogP contribution is 2.25. The summed E-state index contributed by atoms with van der Waals surface area (Å²) in [7, 11) is 0. The number of benzene rings is 1. The van der Waals surface area contributed by atoms with Gasteiger partial charge in [0.1, 0.15) is 0 Å².